The Morgan fingerprint density at radius 3 is 2.94 bits per heavy atom. The zero-order chi connectivity index (χ0) is 13.1. The van der Waals surface area contributed by atoms with Crippen LogP contribution in [0.3, 0.4) is 0 Å². The molecule has 1 saturated heterocycles. The van der Waals surface area contributed by atoms with Gasteiger partial charge in [0.05, 0.1) is 6.54 Å². The molecule has 0 atom stereocenters. The Hall–Kier alpha value is -1.56. The van der Waals surface area contributed by atoms with E-state index >= 15 is 0 Å². The molecule has 0 aromatic heterocycles. The van der Waals surface area contributed by atoms with Crippen LogP contribution in [-0.4, -0.2) is 36.3 Å². The molecule has 1 fully saturated rings. The first kappa shape index (κ1) is 12.9. The average Bonchev–Trinajstić information content (AvgIpc) is 2.56. The number of benzene rings is 1. The van der Waals surface area contributed by atoms with E-state index in [0.717, 1.165) is 6.42 Å². The number of amides is 2. The second-order valence-electron chi connectivity index (χ2n) is 4.17. The Balaban J connectivity index is 2.19. The fourth-order valence-corrected chi connectivity index (χ4v) is 2.20. The predicted octanol–water partition coefficient (Wildman–Crippen LogP) is 0.993. The highest BCUT2D eigenvalue weighted by Crippen LogP contribution is 2.21. The highest BCUT2D eigenvalue weighted by atomic mass is 79.9. The fourth-order valence-electron chi connectivity index (χ4n) is 1.82. The molecule has 0 saturated carbocycles. The lowest BCUT2D eigenvalue weighted by atomic mass is 10.2. The number of hydrogen-bond acceptors (Lipinski definition) is 3. The molecule has 1 aromatic rings. The summed E-state index contributed by atoms with van der Waals surface area (Å²) < 4.78 is 0.688. The highest BCUT2D eigenvalue weighted by Gasteiger charge is 2.21. The van der Waals surface area contributed by atoms with Crippen molar-refractivity contribution >= 4 is 33.4 Å². The molecule has 3 N–H and O–H groups in total. The molecule has 1 aromatic carbocycles. The van der Waals surface area contributed by atoms with Crippen LogP contribution in [0.2, 0.25) is 0 Å². The third-order valence-corrected chi connectivity index (χ3v) is 3.48. The number of nitrogens with zero attached hydrogens (tertiary/aromatic N) is 1. The summed E-state index contributed by atoms with van der Waals surface area (Å²) in [6.45, 7) is 1.31. The monoisotopic (exact) mass is 311 g/mol. The summed E-state index contributed by atoms with van der Waals surface area (Å²) >= 11 is 3.29. The minimum atomic E-state index is -0.146. The van der Waals surface area contributed by atoms with Gasteiger partial charge < -0.3 is 16.0 Å². The first-order valence-corrected chi connectivity index (χ1v) is 6.48. The molecule has 0 unspecified atom stereocenters. The number of rotatable bonds is 1. The van der Waals surface area contributed by atoms with Gasteiger partial charge in [-0.05, 0) is 40.5 Å². The van der Waals surface area contributed by atoms with Gasteiger partial charge in [-0.25, -0.2) is 0 Å². The maximum atomic E-state index is 12.2. The van der Waals surface area contributed by atoms with Crippen molar-refractivity contribution in [3.63, 3.8) is 0 Å². The molecular weight excluding hydrogens is 298 g/mol. The predicted molar refractivity (Wildman–Crippen MR) is 72.1 cm³/mol. The number of carbonyl (C=O) groups is 2. The minimum Gasteiger partial charge on any atom is -0.398 e. The third-order valence-electron chi connectivity index (χ3n) is 2.80. The summed E-state index contributed by atoms with van der Waals surface area (Å²) in [7, 11) is 0. The molecule has 2 amide bonds. The zero-order valence-electron chi connectivity index (χ0n) is 9.78. The minimum absolute atomic E-state index is 0.112. The van der Waals surface area contributed by atoms with Crippen molar-refractivity contribution < 1.29 is 9.59 Å². The first-order valence-electron chi connectivity index (χ1n) is 5.69. The number of hydrogen-bond donors (Lipinski definition) is 2. The zero-order valence-corrected chi connectivity index (χ0v) is 11.4. The van der Waals surface area contributed by atoms with E-state index in [-0.39, 0.29) is 18.4 Å². The molecule has 0 bridgehead atoms. The summed E-state index contributed by atoms with van der Waals surface area (Å²) in [5.74, 6) is -0.261. The summed E-state index contributed by atoms with van der Waals surface area (Å²) in [5, 5.41) is 2.74. The quantitative estimate of drug-likeness (QED) is 0.760. The van der Waals surface area contributed by atoms with Gasteiger partial charge in [0.25, 0.3) is 5.91 Å². The summed E-state index contributed by atoms with van der Waals surface area (Å²) in [6.07, 6.45) is 0.771. The number of nitrogens with one attached hydrogen (secondary N) is 1. The summed E-state index contributed by atoms with van der Waals surface area (Å²) in [5.41, 5.74) is 6.80. The van der Waals surface area contributed by atoms with E-state index in [2.05, 4.69) is 21.2 Å². The van der Waals surface area contributed by atoms with Gasteiger partial charge in [-0.1, -0.05) is 0 Å². The van der Waals surface area contributed by atoms with Gasteiger partial charge in [0.2, 0.25) is 5.91 Å². The maximum Gasteiger partial charge on any atom is 0.254 e. The van der Waals surface area contributed by atoms with Crippen molar-refractivity contribution in [2.75, 3.05) is 25.4 Å². The van der Waals surface area contributed by atoms with Crippen molar-refractivity contribution in [3.05, 3.63) is 28.2 Å². The SMILES string of the molecule is Nc1ccc(C(=O)N2CCCNC(=O)C2)cc1Br. The van der Waals surface area contributed by atoms with Gasteiger partial charge >= 0.3 is 0 Å². The van der Waals surface area contributed by atoms with E-state index in [4.69, 9.17) is 5.73 Å². The molecule has 0 spiro atoms. The maximum absolute atomic E-state index is 12.2. The van der Waals surface area contributed by atoms with Crippen LogP contribution in [0.4, 0.5) is 5.69 Å². The molecule has 1 aliphatic rings. The number of anilines is 1. The van der Waals surface area contributed by atoms with Crippen LogP contribution in [0.1, 0.15) is 16.8 Å². The van der Waals surface area contributed by atoms with Crippen molar-refractivity contribution in [1.29, 1.82) is 0 Å². The molecule has 1 aliphatic heterocycles. The van der Waals surface area contributed by atoms with Crippen molar-refractivity contribution in [2.24, 2.45) is 0 Å². The van der Waals surface area contributed by atoms with E-state index < -0.39 is 0 Å². The third kappa shape index (κ3) is 2.81. The lowest BCUT2D eigenvalue weighted by Crippen LogP contribution is -2.37. The van der Waals surface area contributed by atoms with Gasteiger partial charge in [-0.15, -0.1) is 0 Å². The van der Waals surface area contributed by atoms with E-state index in [1.165, 1.54) is 0 Å². The van der Waals surface area contributed by atoms with Crippen molar-refractivity contribution in [3.8, 4) is 0 Å². The van der Waals surface area contributed by atoms with E-state index in [9.17, 15) is 9.59 Å². The lowest BCUT2D eigenvalue weighted by molar-refractivity contribution is -0.121. The van der Waals surface area contributed by atoms with Crippen molar-refractivity contribution in [1.82, 2.24) is 10.2 Å². The number of nitrogen functional groups attached to an aromatic ring is 1. The second-order valence-corrected chi connectivity index (χ2v) is 5.02. The smallest absolute Gasteiger partial charge is 0.254 e. The van der Waals surface area contributed by atoms with Gasteiger partial charge in [-0.3, -0.25) is 9.59 Å². The molecule has 1 heterocycles. The van der Waals surface area contributed by atoms with Crippen LogP contribution in [0, 0.1) is 0 Å². The average molecular weight is 312 g/mol. The Kier molecular flexibility index (Phi) is 3.86. The van der Waals surface area contributed by atoms with E-state index in [0.29, 0.717) is 28.8 Å². The number of carbonyl (C=O) groups excluding carboxylic acids is 2. The molecule has 2 rings (SSSR count). The Labute approximate surface area is 113 Å². The molecule has 0 aliphatic carbocycles. The Morgan fingerprint density at radius 2 is 2.22 bits per heavy atom. The van der Waals surface area contributed by atoms with Crippen LogP contribution in [0.5, 0.6) is 0 Å². The van der Waals surface area contributed by atoms with Gasteiger partial charge in [0.15, 0.2) is 0 Å². The Morgan fingerprint density at radius 1 is 1.44 bits per heavy atom. The van der Waals surface area contributed by atoms with E-state index in [1.54, 1.807) is 23.1 Å². The first-order chi connectivity index (χ1) is 8.58. The number of nitrogens with two attached hydrogens (primary N) is 1. The topological polar surface area (TPSA) is 75.4 Å². The molecule has 96 valence electrons. The normalized spacial score (nSPS) is 16.1. The van der Waals surface area contributed by atoms with Crippen LogP contribution in [0.15, 0.2) is 22.7 Å². The standard InChI is InChI=1S/C12H14BrN3O2/c13-9-6-8(2-3-10(9)14)12(18)16-5-1-4-15-11(17)7-16/h2-3,6H,1,4-5,7,14H2,(H,15,17). The fraction of sp³-hybridized carbons (Fsp3) is 0.333. The molecular formula is C12H14BrN3O2. The van der Waals surface area contributed by atoms with Crippen LogP contribution >= 0.6 is 15.9 Å². The van der Waals surface area contributed by atoms with E-state index in [1.807, 2.05) is 0 Å². The van der Waals surface area contributed by atoms with Crippen LogP contribution in [0.25, 0.3) is 0 Å². The largest absolute Gasteiger partial charge is 0.398 e. The summed E-state index contributed by atoms with van der Waals surface area (Å²) in [4.78, 5) is 25.2. The molecule has 5 nitrogen and oxygen atoms in total. The van der Waals surface area contributed by atoms with Gasteiger partial charge in [-0.2, -0.15) is 0 Å². The lowest BCUT2D eigenvalue weighted by Gasteiger charge is -2.19. The van der Waals surface area contributed by atoms with Gasteiger partial charge in [0.1, 0.15) is 0 Å². The van der Waals surface area contributed by atoms with Crippen LogP contribution < -0.4 is 11.1 Å². The molecule has 18 heavy (non-hydrogen) atoms. The van der Waals surface area contributed by atoms with Crippen LogP contribution in [-0.2, 0) is 4.79 Å². The molecule has 6 heteroatoms. The van der Waals surface area contributed by atoms with Crippen molar-refractivity contribution in [2.45, 2.75) is 6.42 Å². The second kappa shape index (κ2) is 5.39. The highest BCUT2D eigenvalue weighted by molar-refractivity contribution is 9.10. The summed E-state index contributed by atoms with van der Waals surface area (Å²) in [6, 6.07) is 5.03. The number of halogens is 1. The van der Waals surface area contributed by atoms with Gasteiger partial charge in [0, 0.05) is 28.8 Å². The molecule has 0 radical (unpaired) electrons. The Bertz CT molecular complexity index is 490.